The lowest BCUT2D eigenvalue weighted by Gasteiger charge is -2.20. The second kappa shape index (κ2) is 4.43. The summed E-state index contributed by atoms with van der Waals surface area (Å²) in [6.07, 6.45) is 1.25. The largest absolute Gasteiger partial charge is 0.480 e. The van der Waals surface area contributed by atoms with E-state index in [0.29, 0.717) is 22.9 Å². The predicted octanol–water partition coefficient (Wildman–Crippen LogP) is 2.09. The van der Waals surface area contributed by atoms with Crippen LogP contribution >= 0.6 is 22.9 Å². The average molecular weight is 260 g/mol. The molecule has 0 saturated carbocycles. The second-order valence-electron chi connectivity index (χ2n) is 3.59. The monoisotopic (exact) mass is 259 g/mol. The van der Waals surface area contributed by atoms with Crippen molar-refractivity contribution in [2.24, 2.45) is 0 Å². The molecular formula is C10H10ClNO3S. The molecule has 0 spiro atoms. The molecule has 0 bridgehead atoms. The molecule has 2 rings (SSSR count). The molecule has 0 aliphatic carbocycles. The first kappa shape index (κ1) is 11.4. The number of likely N-dealkylation sites (tertiary alicyclic amines) is 1. The molecule has 4 nitrogen and oxygen atoms in total. The molecule has 0 radical (unpaired) electrons. The highest BCUT2D eigenvalue weighted by molar-refractivity contribution is 7.12. The molecule has 1 amide bonds. The van der Waals surface area contributed by atoms with Crippen LogP contribution in [0.25, 0.3) is 0 Å². The number of carboxylic acid groups (broad SMARTS) is 1. The third-order valence-corrected chi connectivity index (χ3v) is 3.94. The van der Waals surface area contributed by atoms with Gasteiger partial charge in [-0.1, -0.05) is 11.6 Å². The summed E-state index contributed by atoms with van der Waals surface area (Å²) >= 11 is 7.10. The van der Waals surface area contributed by atoms with Gasteiger partial charge in [-0.2, -0.15) is 0 Å². The summed E-state index contributed by atoms with van der Waals surface area (Å²) in [5.74, 6) is -1.22. The van der Waals surface area contributed by atoms with Gasteiger partial charge in [-0.15, -0.1) is 11.3 Å². The molecule has 86 valence electrons. The van der Waals surface area contributed by atoms with Gasteiger partial charge in [-0.05, 0) is 24.3 Å². The number of carboxylic acids is 1. The predicted molar refractivity (Wildman–Crippen MR) is 61.0 cm³/mol. The summed E-state index contributed by atoms with van der Waals surface area (Å²) in [6.45, 7) is 0.490. The molecule has 1 N–H and O–H groups in total. The minimum atomic E-state index is -0.946. The highest BCUT2D eigenvalue weighted by Gasteiger charge is 2.35. The van der Waals surface area contributed by atoms with Crippen LogP contribution < -0.4 is 0 Å². The number of carbonyl (C=O) groups excluding carboxylic acids is 1. The Bertz CT molecular complexity index is 431. The number of aliphatic carboxylic acids is 1. The quantitative estimate of drug-likeness (QED) is 0.885. The van der Waals surface area contributed by atoms with Gasteiger partial charge in [0.2, 0.25) is 0 Å². The van der Waals surface area contributed by atoms with Crippen LogP contribution in [0.2, 0.25) is 5.02 Å². The lowest BCUT2D eigenvalue weighted by Crippen LogP contribution is -2.40. The third kappa shape index (κ3) is 1.92. The van der Waals surface area contributed by atoms with Crippen LogP contribution in [0.15, 0.2) is 11.4 Å². The molecule has 1 aromatic heterocycles. The van der Waals surface area contributed by atoms with Crippen LogP contribution in [0.5, 0.6) is 0 Å². The topological polar surface area (TPSA) is 57.6 Å². The van der Waals surface area contributed by atoms with Crippen LogP contribution in [-0.4, -0.2) is 34.5 Å². The van der Waals surface area contributed by atoms with Crippen LogP contribution in [0.4, 0.5) is 0 Å². The third-order valence-electron chi connectivity index (χ3n) is 2.61. The van der Waals surface area contributed by atoms with E-state index in [1.54, 1.807) is 11.4 Å². The number of carbonyl (C=O) groups is 2. The SMILES string of the molecule is O=C(O)[C@H]1CCCN1C(=O)c1sccc1Cl. The van der Waals surface area contributed by atoms with E-state index in [1.165, 1.54) is 16.2 Å². The molecule has 1 atom stereocenters. The zero-order chi connectivity index (χ0) is 11.7. The Morgan fingerprint density at radius 1 is 1.56 bits per heavy atom. The van der Waals surface area contributed by atoms with E-state index in [-0.39, 0.29) is 5.91 Å². The molecule has 1 fully saturated rings. The van der Waals surface area contributed by atoms with Crippen molar-refractivity contribution in [1.29, 1.82) is 0 Å². The fraction of sp³-hybridized carbons (Fsp3) is 0.400. The number of amides is 1. The van der Waals surface area contributed by atoms with Crippen molar-refractivity contribution < 1.29 is 14.7 Å². The number of rotatable bonds is 2. The Kier molecular flexibility index (Phi) is 3.16. The first-order chi connectivity index (χ1) is 7.61. The first-order valence-corrected chi connectivity index (χ1v) is 6.14. The summed E-state index contributed by atoms with van der Waals surface area (Å²) in [7, 11) is 0. The van der Waals surface area contributed by atoms with E-state index in [0.717, 1.165) is 6.42 Å². The van der Waals surface area contributed by atoms with Crippen molar-refractivity contribution in [2.75, 3.05) is 6.54 Å². The van der Waals surface area contributed by atoms with Gasteiger partial charge in [0.25, 0.3) is 5.91 Å². The fourth-order valence-corrected chi connectivity index (χ4v) is 2.93. The van der Waals surface area contributed by atoms with Gasteiger partial charge in [-0.3, -0.25) is 4.79 Å². The summed E-state index contributed by atoms with van der Waals surface area (Å²) < 4.78 is 0. The number of nitrogens with zero attached hydrogens (tertiary/aromatic N) is 1. The van der Waals surface area contributed by atoms with Crippen LogP contribution in [0.3, 0.4) is 0 Å². The maximum Gasteiger partial charge on any atom is 0.326 e. The molecule has 1 aliphatic rings. The highest BCUT2D eigenvalue weighted by atomic mass is 35.5. The molecule has 6 heteroatoms. The molecule has 1 aliphatic heterocycles. The number of thiophene rings is 1. The Morgan fingerprint density at radius 3 is 2.88 bits per heavy atom. The minimum absolute atomic E-state index is 0.273. The Labute approximate surface area is 101 Å². The standard InChI is InChI=1S/C10H10ClNO3S/c11-6-3-5-16-8(6)9(13)12-4-1-2-7(12)10(14)15/h3,5,7H,1-2,4H2,(H,14,15)/t7-/m1/s1. The van der Waals surface area contributed by atoms with Gasteiger partial charge in [0.05, 0.1) is 5.02 Å². The van der Waals surface area contributed by atoms with Gasteiger partial charge in [0, 0.05) is 6.54 Å². The molecule has 0 unspecified atom stereocenters. The van der Waals surface area contributed by atoms with E-state index >= 15 is 0 Å². The van der Waals surface area contributed by atoms with Crippen LogP contribution in [-0.2, 0) is 4.79 Å². The molecule has 0 aromatic carbocycles. The van der Waals surface area contributed by atoms with Gasteiger partial charge >= 0.3 is 5.97 Å². The fourth-order valence-electron chi connectivity index (χ4n) is 1.84. The molecule has 1 aromatic rings. The molecule has 16 heavy (non-hydrogen) atoms. The van der Waals surface area contributed by atoms with Crippen molar-refractivity contribution in [2.45, 2.75) is 18.9 Å². The van der Waals surface area contributed by atoms with Crippen molar-refractivity contribution in [1.82, 2.24) is 4.90 Å². The van der Waals surface area contributed by atoms with Crippen molar-refractivity contribution in [3.63, 3.8) is 0 Å². The van der Waals surface area contributed by atoms with Crippen LogP contribution in [0, 0.1) is 0 Å². The van der Waals surface area contributed by atoms with E-state index < -0.39 is 12.0 Å². The van der Waals surface area contributed by atoms with Gasteiger partial charge in [0.1, 0.15) is 10.9 Å². The molecule has 2 heterocycles. The highest BCUT2D eigenvalue weighted by Crippen LogP contribution is 2.27. The van der Waals surface area contributed by atoms with Crippen molar-refractivity contribution in [3.05, 3.63) is 21.3 Å². The van der Waals surface area contributed by atoms with Gasteiger partial charge in [-0.25, -0.2) is 4.79 Å². The van der Waals surface area contributed by atoms with E-state index in [9.17, 15) is 9.59 Å². The van der Waals surface area contributed by atoms with E-state index in [4.69, 9.17) is 16.7 Å². The number of hydrogen-bond donors (Lipinski definition) is 1. The summed E-state index contributed by atoms with van der Waals surface area (Å²) in [5.41, 5.74) is 0. The number of halogens is 1. The number of hydrogen-bond acceptors (Lipinski definition) is 3. The average Bonchev–Trinajstić information content (AvgIpc) is 2.84. The summed E-state index contributed by atoms with van der Waals surface area (Å²) in [5, 5.41) is 11.1. The Hall–Kier alpha value is -1.07. The zero-order valence-electron chi connectivity index (χ0n) is 8.35. The maximum absolute atomic E-state index is 12.0. The lowest BCUT2D eigenvalue weighted by atomic mass is 10.2. The molecular weight excluding hydrogens is 250 g/mol. The van der Waals surface area contributed by atoms with Gasteiger partial charge < -0.3 is 10.0 Å². The van der Waals surface area contributed by atoms with Crippen molar-refractivity contribution >= 4 is 34.8 Å². The van der Waals surface area contributed by atoms with E-state index in [1.807, 2.05) is 0 Å². The summed E-state index contributed by atoms with van der Waals surface area (Å²) in [4.78, 5) is 24.8. The zero-order valence-corrected chi connectivity index (χ0v) is 9.92. The maximum atomic E-state index is 12.0. The second-order valence-corrected chi connectivity index (χ2v) is 4.92. The lowest BCUT2D eigenvalue weighted by molar-refractivity contribution is -0.141. The van der Waals surface area contributed by atoms with Crippen LogP contribution in [0.1, 0.15) is 22.5 Å². The van der Waals surface area contributed by atoms with Gasteiger partial charge in [0.15, 0.2) is 0 Å². The van der Waals surface area contributed by atoms with E-state index in [2.05, 4.69) is 0 Å². The first-order valence-electron chi connectivity index (χ1n) is 4.88. The summed E-state index contributed by atoms with van der Waals surface area (Å²) in [6, 6.07) is 0.941. The smallest absolute Gasteiger partial charge is 0.326 e. The normalized spacial score (nSPS) is 20.1. The minimum Gasteiger partial charge on any atom is -0.480 e. The Morgan fingerprint density at radius 2 is 2.31 bits per heavy atom. The Balaban J connectivity index is 2.22. The van der Waals surface area contributed by atoms with Crippen molar-refractivity contribution in [3.8, 4) is 0 Å². The molecule has 1 saturated heterocycles.